The summed E-state index contributed by atoms with van der Waals surface area (Å²) < 4.78 is 0. The van der Waals surface area contributed by atoms with Crippen molar-refractivity contribution in [2.45, 2.75) is 52.6 Å². The predicted molar refractivity (Wildman–Crippen MR) is 84.8 cm³/mol. The molecule has 0 bridgehead atoms. The molecule has 0 heterocycles. The Morgan fingerprint density at radius 3 is 2.20 bits per heavy atom. The quantitative estimate of drug-likeness (QED) is 0.896. The van der Waals surface area contributed by atoms with Gasteiger partial charge in [-0.3, -0.25) is 4.79 Å². The van der Waals surface area contributed by atoms with E-state index in [0.717, 1.165) is 0 Å². The second-order valence-electron chi connectivity index (χ2n) is 6.75. The highest BCUT2D eigenvalue weighted by Gasteiger charge is 2.14. The topological polar surface area (TPSA) is 32.3 Å². The van der Waals surface area contributed by atoms with Crippen LogP contribution in [0, 0.1) is 0 Å². The van der Waals surface area contributed by atoms with Gasteiger partial charge in [-0.25, -0.2) is 0 Å². The highest BCUT2D eigenvalue weighted by atomic mass is 16.2. The van der Waals surface area contributed by atoms with Crippen LogP contribution in [0.15, 0.2) is 24.3 Å². The van der Waals surface area contributed by atoms with Crippen LogP contribution in [0.4, 0.5) is 0 Å². The zero-order valence-corrected chi connectivity index (χ0v) is 13.7. The maximum absolute atomic E-state index is 12.0. The zero-order chi connectivity index (χ0) is 15.3. The van der Waals surface area contributed by atoms with E-state index in [1.54, 1.807) is 4.90 Å². The van der Waals surface area contributed by atoms with Crippen LogP contribution in [-0.4, -0.2) is 29.9 Å². The van der Waals surface area contributed by atoms with Gasteiger partial charge < -0.3 is 10.2 Å². The van der Waals surface area contributed by atoms with Gasteiger partial charge >= 0.3 is 0 Å². The van der Waals surface area contributed by atoms with Gasteiger partial charge in [0.05, 0.1) is 6.54 Å². The van der Waals surface area contributed by atoms with Crippen LogP contribution in [0.2, 0.25) is 0 Å². The molecule has 0 aromatic heterocycles. The molecule has 0 radical (unpaired) electrons. The monoisotopic (exact) mass is 276 g/mol. The number of hydrogen-bond donors (Lipinski definition) is 1. The fourth-order valence-corrected chi connectivity index (χ4v) is 1.85. The summed E-state index contributed by atoms with van der Waals surface area (Å²) in [5.74, 6) is 0.659. The summed E-state index contributed by atoms with van der Waals surface area (Å²) in [5.41, 5.74) is 2.47. The molecule has 0 atom stereocenters. The fourth-order valence-electron chi connectivity index (χ4n) is 1.85. The summed E-state index contributed by atoms with van der Waals surface area (Å²) in [5, 5.41) is 3.22. The van der Waals surface area contributed by atoms with Crippen molar-refractivity contribution < 1.29 is 4.79 Å². The lowest BCUT2D eigenvalue weighted by molar-refractivity contribution is -0.129. The van der Waals surface area contributed by atoms with Crippen molar-refractivity contribution in [1.29, 1.82) is 0 Å². The first-order valence-electron chi connectivity index (χ1n) is 7.27. The lowest BCUT2D eigenvalue weighted by Gasteiger charge is -2.23. The van der Waals surface area contributed by atoms with E-state index in [1.165, 1.54) is 11.1 Å². The van der Waals surface area contributed by atoms with E-state index in [0.29, 0.717) is 19.0 Å². The summed E-state index contributed by atoms with van der Waals surface area (Å²) in [6.45, 7) is 11.6. The standard InChI is InChI=1S/C17H28N2O/c1-13(2)15-9-7-14(8-10-15)12-19(6)16(20)11-18-17(3,4)5/h7-10,13,18H,11-12H2,1-6H3. The molecular formula is C17H28N2O. The smallest absolute Gasteiger partial charge is 0.236 e. The van der Waals surface area contributed by atoms with Crippen molar-refractivity contribution in [3.63, 3.8) is 0 Å². The van der Waals surface area contributed by atoms with Gasteiger partial charge in [-0.15, -0.1) is 0 Å². The van der Waals surface area contributed by atoms with Gasteiger partial charge in [-0.1, -0.05) is 38.1 Å². The second-order valence-corrected chi connectivity index (χ2v) is 6.75. The molecule has 0 unspecified atom stereocenters. The van der Waals surface area contributed by atoms with Crippen LogP contribution in [-0.2, 0) is 11.3 Å². The van der Waals surface area contributed by atoms with E-state index >= 15 is 0 Å². The number of carbonyl (C=O) groups excluding carboxylic acids is 1. The van der Waals surface area contributed by atoms with E-state index in [-0.39, 0.29) is 11.4 Å². The molecule has 0 aliphatic rings. The molecule has 3 heteroatoms. The minimum atomic E-state index is -0.0323. The largest absolute Gasteiger partial charge is 0.340 e. The van der Waals surface area contributed by atoms with E-state index < -0.39 is 0 Å². The first-order chi connectivity index (χ1) is 9.19. The van der Waals surface area contributed by atoms with Crippen LogP contribution >= 0.6 is 0 Å². The molecule has 1 rings (SSSR count). The van der Waals surface area contributed by atoms with Crippen molar-refractivity contribution in [3.05, 3.63) is 35.4 Å². The number of amides is 1. The Morgan fingerprint density at radius 2 is 1.75 bits per heavy atom. The molecule has 0 fully saturated rings. The molecule has 3 nitrogen and oxygen atoms in total. The minimum absolute atomic E-state index is 0.0323. The molecule has 0 aliphatic carbocycles. The van der Waals surface area contributed by atoms with E-state index in [1.807, 2.05) is 7.05 Å². The van der Waals surface area contributed by atoms with Gasteiger partial charge in [0.2, 0.25) is 5.91 Å². The van der Waals surface area contributed by atoms with Crippen LogP contribution in [0.25, 0.3) is 0 Å². The van der Waals surface area contributed by atoms with Crippen LogP contribution < -0.4 is 5.32 Å². The number of hydrogen-bond acceptors (Lipinski definition) is 2. The van der Waals surface area contributed by atoms with E-state index in [9.17, 15) is 4.79 Å². The molecule has 1 N–H and O–H groups in total. The summed E-state index contributed by atoms with van der Waals surface area (Å²) in [4.78, 5) is 13.8. The van der Waals surface area contributed by atoms with Crippen molar-refractivity contribution in [3.8, 4) is 0 Å². The molecule has 112 valence electrons. The number of nitrogens with zero attached hydrogens (tertiary/aromatic N) is 1. The molecule has 1 amide bonds. The molecule has 1 aromatic carbocycles. The van der Waals surface area contributed by atoms with Gasteiger partial charge in [0.1, 0.15) is 0 Å². The molecular weight excluding hydrogens is 248 g/mol. The van der Waals surface area contributed by atoms with Gasteiger partial charge in [-0.05, 0) is 37.8 Å². The second kappa shape index (κ2) is 6.89. The highest BCUT2D eigenvalue weighted by molar-refractivity contribution is 5.78. The third-order valence-electron chi connectivity index (χ3n) is 3.26. The first kappa shape index (κ1) is 16.7. The Kier molecular flexibility index (Phi) is 5.75. The Bertz CT molecular complexity index is 429. The van der Waals surface area contributed by atoms with E-state index in [2.05, 4.69) is 64.2 Å². The molecule has 1 aromatic rings. The number of rotatable bonds is 5. The van der Waals surface area contributed by atoms with Crippen molar-refractivity contribution in [2.24, 2.45) is 0 Å². The number of benzene rings is 1. The lowest BCUT2D eigenvalue weighted by Crippen LogP contribution is -2.43. The molecule has 0 saturated heterocycles. The molecule has 20 heavy (non-hydrogen) atoms. The zero-order valence-electron chi connectivity index (χ0n) is 13.7. The molecule has 0 saturated carbocycles. The molecule has 0 spiro atoms. The highest BCUT2D eigenvalue weighted by Crippen LogP contribution is 2.15. The Labute approximate surface area is 123 Å². The predicted octanol–water partition coefficient (Wildman–Crippen LogP) is 3.16. The van der Waals surface area contributed by atoms with Crippen molar-refractivity contribution in [2.75, 3.05) is 13.6 Å². The third-order valence-corrected chi connectivity index (χ3v) is 3.26. The minimum Gasteiger partial charge on any atom is -0.340 e. The normalized spacial score (nSPS) is 11.8. The Balaban J connectivity index is 2.53. The SMILES string of the molecule is CC(C)c1ccc(CN(C)C(=O)CNC(C)(C)C)cc1. The van der Waals surface area contributed by atoms with Gasteiger partial charge in [0, 0.05) is 19.1 Å². The van der Waals surface area contributed by atoms with E-state index in [4.69, 9.17) is 0 Å². The summed E-state index contributed by atoms with van der Waals surface area (Å²) in [7, 11) is 1.85. The van der Waals surface area contributed by atoms with Crippen molar-refractivity contribution >= 4 is 5.91 Å². The van der Waals surface area contributed by atoms with Crippen LogP contribution in [0.1, 0.15) is 51.7 Å². The maximum atomic E-state index is 12.0. The summed E-state index contributed by atoms with van der Waals surface area (Å²) in [6.07, 6.45) is 0. The third kappa shape index (κ3) is 5.74. The lowest BCUT2D eigenvalue weighted by atomic mass is 10.0. The first-order valence-corrected chi connectivity index (χ1v) is 7.27. The average Bonchev–Trinajstić information content (AvgIpc) is 2.35. The Hall–Kier alpha value is -1.35. The number of carbonyl (C=O) groups is 1. The fraction of sp³-hybridized carbons (Fsp3) is 0.588. The Morgan fingerprint density at radius 1 is 1.20 bits per heavy atom. The van der Waals surface area contributed by atoms with Gasteiger partial charge in [0.25, 0.3) is 0 Å². The average molecular weight is 276 g/mol. The van der Waals surface area contributed by atoms with Crippen molar-refractivity contribution in [1.82, 2.24) is 10.2 Å². The van der Waals surface area contributed by atoms with Crippen LogP contribution in [0.3, 0.4) is 0 Å². The van der Waals surface area contributed by atoms with Gasteiger partial charge in [-0.2, -0.15) is 0 Å². The maximum Gasteiger partial charge on any atom is 0.236 e. The summed E-state index contributed by atoms with van der Waals surface area (Å²) in [6, 6.07) is 8.50. The number of nitrogens with one attached hydrogen (secondary N) is 1. The van der Waals surface area contributed by atoms with Gasteiger partial charge in [0.15, 0.2) is 0 Å². The molecule has 0 aliphatic heterocycles. The van der Waals surface area contributed by atoms with Crippen LogP contribution in [0.5, 0.6) is 0 Å². The summed E-state index contributed by atoms with van der Waals surface area (Å²) >= 11 is 0. The number of likely N-dealkylation sites (N-methyl/N-ethyl adjacent to an activating group) is 1.